The van der Waals surface area contributed by atoms with Gasteiger partial charge in [0.05, 0.1) is 11.0 Å². The van der Waals surface area contributed by atoms with Crippen LogP contribution in [0.5, 0.6) is 0 Å². The highest BCUT2D eigenvalue weighted by Crippen LogP contribution is 2.29. The van der Waals surface area contributed by atoms with Gasteiger partial charge in [-0.25, -0.2) is 0 Å². The number of fused-ring (bicyclic) bond motifs is 1. The fourth-order valence-corrected chi connectivity index (χ4v) is 2.69. The predicted octanol–water partition coefficient (Wildman–Crippen LogP) is 0.697. The topological polar surface area (TPSA) is 63.3 Å². The third-order valence-corrected chi connectivity index (χ3v) is 3.55. The SMILES string of the molecule is NC(=O)c1cc2c(s1)CCC(O)C2. The third kappa shape index (κ3) is 1.59. The molecule has 0 aromatic carbocycles. The normalized spacial score (nSPS) is 21.2. The molecule has 0 bridgehead atoms. The van der Waals surface area contributed by atoms with Crippen molar-refractivity contribution in [3.05, 3.63) is 21.4 Å². The van der Waals surface area contributed by atoms with Crippen LogP contribution in [0.25, 0.3) is 0 Å². The van der Waals surface area contributed by atoms with E-state index >= 15 is 0 Å². The van der Waals surface area contributed by atoms with E-state index in [-0.39, 0.29) is 12.0 Å². The standard InChI is InChI=1S/C9H11NO2S/c10-9(12)8-4-5-3-6(11)1-2-7(5)13-8/h4,6,11H,1-3H2,(H2,10,12). The molecule has 70 valence electrons. The van der Waals surface area contributed by atoms with Gasteiger partial charge in [-0.2, -0.15) is 0 Å². The van der Waals surface area contributed by atoms with E-state index in [1.807, 2.05) is 6.07 Å². The first-order valence-electron chi connectivity index (χ1n) is 4.26. The summed E-state index contributed by atoms with van der Waals surface area (Å²) in [5.41, 5.74) is 6.26. The lowest BCUT2D eigenvalue weighted by atomic mass is 9.96. The van der Waals surface area contributed by atoms with Gasteiger partial charge in [-0.1, -0.05) is 0 Å². The molecule has 3 N–H and O–H groups in total. The summed E-state index contributed by atoms with van der Waals surface area (Å²) in [5.74, 6) is -0.367. The quantitative estimate of drug-likeness (QED) is 0.696. The first-order chi connectivity index (χ1) is 6.16. The van der Waals surface area contributed by atoms with E-state index in [0.29, 0.717) is 11.3 Å². The Bertz CT molecular complexity index is 345. The van der Waals surface area contributed by atoms with E-state index in [9.17, 15) is 9.90 Å². The number of amides is 1. The second kappa shape index (κ2) is 3.12. The molecule has 0 radical (unpaired) electrons. The van der Waals surface area contributed by atoms with Gasteiger partial charge in [-0.15, -0.1) is 11.3 Å². The predicted molar refractivity (Wildman–Crippen MR) is 50.9 cm³/mol. The first kappa shape index (κ1) is 8.72. The van der Waals surface area contributed by atoms with Crippen LogP contribution in [0.4, 0.5) is 0 Å². The van der Waals surface area contributed by atoms with Gasteiger partial charge in [-0.05, 0) is 30.9 Å². The van der Waals surface area contributed by atoms with E-state index in [2.05, 4.69) is 0 Å². The minimum atomic E-state index is -0.367. The molecule has 0 saturated carbocycles. The number of primary amides is 1. The zero-order valence-corrected chi connectivity index (χ0v) is 7.93. The Balaban J connectivity index is 2.33. The van der Waals surface area contributed by atoms with Crippen molar-refractivity contribution in [2.45, 2.75) is 25.4 Å². The van der Waals surface area contributed by atoms with Crippen molar-refractivity contribution >= 4 is 17.2 Å². The summed E-state index contributed by atoms with van der Waals surface area (Å²) in [4.78, 5) is 12.7. The van der Waals surface area contributed by atoms with Gasteiger partial charge in [0, 0.05) is 4.88 Å². The van der Waals surface area contributed by atoms with Crippen molar-refractivity contribution in [2.75, 3.05) is 0 Å². The van der Waals surface area contributed by atoms with E-state index in [1.54, 1.807) is 0 Å². The van der Waals surface area contributed by atoms with Crippen LogP contribution in [0.2, 0.25) is 0 Å². The lowest BCUT2D eigenvalue weighted by Crippen LogP contribution is -2.16. The minimum Gasteiger partial charge on any atom is -0.393 e. The number of aliphatic hydroxyl groups excluding tert-OH is 1. The zero-order valence-electron chi connectivity index (χ0n) is 7.12. The van der Waals surface area contributed by atoms with Gasteiger partial charge >= 0.3 is 0 Å². The molecular formula is C9H11NO2S. The lowest BCUT2D eigenvalue weighted by Gasteiger charge is -2.16. The highest BCUT2D eigenvalue weighted by molar-refractivity contribution is 7.14. The molecular weight excluding hydrogens is 186 g/mol. The number of thiophene rings is 1. The van der Waals surface area contributed by atoms with E-state index < -0.39 is 0 Å². The number of aliphatic hydroxyl groups is 1. The van der Waals surface area contributed by atoms with Gasteiger partial charge in [0.25, 0.3) is 5.91 Å². The van der Waals surface area contributed by atoms with E-state index in [1.165, 1.54) is 16.2 Å². The maximum Gasteiger partial charge on any atom is 0.258 e. The van der Waals surface area contributed by atoms with Crippen molar-refractivity contribution in [1.29, 1.82) is 0 Å². The van der Waals surface area contributed by atoms with Gasteiger partial charge in [0.1, 0.15) is 0 Å². The van der Waals surface area contributed by atoms with Crippen molar-refractivity contribution in [3.63, 3.8) is 0 Å². The number of aryl methyl sites for hydroxylation is 1. The summed E-state index contributed by atoms with van der Waals surface area (Å²) >= 11 is 1.46. The zero-order chi connectivity index (χ0) is 9.42. The molecule has 2 rings (SSSR count). The molecule has 0 aliphatic heterocycles. The molecule has 0 fully saturated rings. The third-order valence-electron chi connectivity index (χ3n) is 2.30. The Morgan fingerprint density at radius 3 is 3.15 bits per heavy atom. The van der Waals surface area contributed by atoms with Gasteiger partial charge in [-0.3, -0.25) is 4.79 Å². The van der Waals surface area contributed by atoms with E-state index in [4.69, 9.17) is 5.73 Å². The summed E-state index contributed by atoms with van der Waals surface area (Å²) in [6.45, 7) is 0. The number of nitrogens with two attached hydrogens (primary N) is 1. The van der Waals surface area contributed by atoms with Crippen molar-refractivity contribution < 1.29 is 9.90 Å². The Labute approximate surface area is 80.2 Å². The summed E-state index contributed by atoms with van der Waals surface area (Å²) in [5, 5.41) is 9.39. The van der Waals surface area contributed by atoms with Gasteiger partial charge in [0.15, 0.2) is 0 Å². The molecule has 1 unspecified atom stereocenters. The molecule has 1 aliphatic rings. The monoisotopic (exact) mass is 197 g/mol. The average molecular weight is 197 g/mol. The highest BCUT2D eigenvalue weighted by Gasteiger charge is 2.20. The second-order valence-electron chi connectivity index (χ2n) is 3.32. The van der Waals surface area contributed by atoms with E-state index in [0.717, 1.165) is 18.4 Å². The molecule has 0 spiro atoms. The van der Waals surface area contributed by atoms with Crippen LogP contribution in [-0.2, 0) is 12.8 Å². The number of hydrogen-bond donors (Lipinski definition) is 2. The molecule has 4 heteroatoms. The number of carbonyl (C=O) groups excluding carboxylic acids is 1. The molecule has 3 nitrogen and oxygen atoms in total. The fourth-order valence-electron chi connectivity index (χ4n) is 1.63. The van der Waals surface area contributed by atoms with Crippen molar-refractivity contribution in [1.82, 2.24) is 0 Å². The van der Waals surface area contributed by atoms with Crippen LogP contribution in [0, 0.1) is 0 Å². The van der Waals surface area contributed by atoms with Crippen molar-refractivity contribution in [3.8, 4) is 0 Å². The number of hydrogen-bond acceptors (Lipinski definition) is 3. The highest BCUT2D eigenvalue weighted by atomic mass is 32.1. The van der Waals surface area contributed by atoms with Gasteiger partial charge < -0.3 is 10.8 Å². The number of rotatable bonds is 1. The molecule has 1 aliphatic carbocycles. The smallest absolute Gasteiger partial charge is 0.258 e. The molecule has 1 heterocycles. The average Bonchev–Trinajstić information content (AvgIpc) is 2.46. The molecule has 1 atom stereocenters. The fraction of sp³-hybridized carbons (Fsp3) is 0.444. The molecule has 1 amide bonds. The molecule has 1 aromatic rings. The van der Waals surface area contributed by atoms with Crippen LogP contribution in [0.1, 0.15) is 26.5 Å². The van der Waals surface area contributed by atoms with Crippen LogP contribution >= 0.6 is 11.3 Å². The summed E-state index contributed by atoms with van der Waals surface area (Å²) < 4.78 is 0. The number of carbonyl (C=O) groups is 1. The van der Waals surface area contributed by atoms with Gasteiger partial charge in [0.2, 0.25) is 0 Å². The Morgan fingerprint density at radius 1 is 1.69 bits per heavy atom. The molecule has 13 heavy (non-hydrogen) atoms. The Hall–Kier alpha value is -0.870. The Morgan fingerprint density at radius 2 is 2.46 bits per heavy atom. The van der Waals surface area contributed by atoms with Crippen LogP contribution in [-0.4, -0.2) is 17.1 Å². The molecule has 1 aromatic heterocycles. The maximum absolute atomic E-state index is 10.9. The maximum atomic E-state index is 10.9. The van der Waals surface area contributed by atoms with Crippen LogP contribution in [0.3, 0.4) is 0 Å². The van der Waals surface area contributed by atoms with Crippen LogP contribution in [0.15, 0.2) is 6.07 Å². The Kier molecular flexibility index (Phi) is 2.09. The molecule has 0 saturated heterocycles. The lowest BCUT2D eigenvalue weighted by molar-refractivity contribution is 0.100. The largest absolute Gasteiger partial charge is 0.393 e. The van der Waals surface area contributed by atoms with Crippen molar-refractivity contribution in [2.24, 2.45) is 5.73 Å². The second-order valence-corrected chi connectivity index (χ2v) is 4.46. The first-order valence-corrected chi connectivity index (χ1v) is 5.08. The van der Waals surface area contributed by atoms with Crippen LogP contribution < -0.4 is 5.73 Å². The summed E-state index contributed by atoms with van der Waals surface area (Å²) in [7, 11) is 0. The summed E-state index contributed by atoms with van der Waals surface area (Å²) in [6, 6.07) is 1.81. The minimum absolute atomic E-state index is 0.247. The summed E-state index contributed by atoms with van der Waals surface area (Å²) in [6.07, 6.45) is 2.09.